The zero-order valence-corrected chi connectivity index (χ0v) is 21.4. The lowest BCUT2D eigenvalue weighted by molar-refractivity contribution is 0.0188. The molecule has 2 aromatic rings. The second-order valence-electron chi connectivity index (χ2n) is 10.2. The Morgan fingerprint density at radius 3 is 2.42 bits per heavy atom. The number of hydrogen-bond acceptors (Lipinski definition) is 9. The lowest BCUT2D eigenvalue weighted by atomic mass is 9.97. The molecule has 1 saturated heterocycles. The summed E-state index contributed by atoms with van der Waals surface area (Å²) >= 11 is 0. The quantitative estimate of drug-likeness (QED) is 0.535. The summed E-state index contributed by atoms with van der Waals surface area (Å²) in [5.41, 5.74) is -0.00112. The van der Waals surface area contributed by atoms with E-state index in [9.17, 15) is 9.90 Å². The number of rotatable bonds is 5. The Balaban J connectivity index is 1.68. The van der Waals surface area contributed by atoms with Gasteiger partial charge in [-0.3, -0.25) is 0 Å². The molecule has 3 heterocycles. The molecule has 1 aliphatic heterocycles. The average Bonchev–Trinajstić information content (AvgIpc) is 2.81. The van der Waals surface area contributed by atoms with Crippen LogP contribution >= 0.6 is 0 Å². The summed E-state index contributed by atoms with van der Waals surface area (Å²) in [5.74, 6) is 7.19. The molecule has 2 aromatic heterocycles. The Morgan fingerprint density at radius 1 is 1.14 bits per heavy atom. The fourth-order valence-electron chi connectivity index (χ4n) is 3.47. The summed E-state index contributed by atoms with van der Waals surface area (Å²) in [6.07, 6.45) is 5.92. The highest BCUT2D eigenvalue weighted by molar-refractivity contribution is 5.68. The molecule has 0 aliphatic carbocycles. The van der Waals surface area contributed by atoms with Gasteiger partial charge in [0, 0.05) is 31.9 Å². The molecule has 0 saturated carbocycles. The number of carbonyl (C=O) groups is 1. The number of nitrogens with zero attached hydrogens (tertiary/aromatic N) is 5. The van der Waals surface area contributed by atoms with E-state index in [4.69, 9.17) is 10.00 Å². The first kappa shape index (κ1) is 26.7. The molecule has 190 valence electrons. The van der Waals surface area contributed by atoms with Gasteiger partial charge in [0.1, 0.15) is 28.9 Å². The molecular weight excluding hydrogens is 458 g/mol. The van der Waals surface area contributed by atoms with Crippen molar-refractivity contribution in [1.29, 1.82) is 5.26 Å². The summed E-state index contributed by atoms with van der Waals surface area (Å²) in [7, 11) is 0. The van der Waals surface area contributed by atoms with Crippen molar-refractivity contribution >= 4 is 23.4 Å². The van der Waals surface area contributed by atoms with Gasteiger partial charge in [-0.05, 0) is 53.4 Å². The average molecular weight is 492 g/mol. The number of anilines is 3. The molecule has 36 heavy (non-hydrogen) atoms. The van der Waals surface area contributed by atoms with E-state index in [1.807, 2.05) is 32.9 Å². The van der Waals surface area contributed by atoms with Gasteiger partial charge in [-0.25, -0.2) is 19.7 Å². The second-order valence-corrected chi connectivity index (χ2v) is 10.2. The zero-order valence-electron chi connectivity index (χ0n) is 21.4. The van der Waals surface area contributed by atoms with Gasteiger partial charge in [-0.15, -0.1) is 0 Å². The molecule has 3 N–H and O–H groups in total. The predicted octanol–water partition coefficient (Wildman–Crippen LogP) is 3.67. The van der Waals surface area contributed by atoms with E-state index >= 15 is 0 Å². The number of carbonyl (C=O) groups excluding carboxylic acids is 1. The summed E-state index contributed by atoms with van der Waals surface area (Å²) in [4.78, 5) is 26.7. The molecule has 0 bridgehead atoms. The SMILES string of the molecule is CC(C)(O)C#Cc1cnc(Nc2cnc(C#N)cn2)cc1NCC1CCN(C(=O)OC(C)(C)C)CC1. The van der Waals surface area contributed by atoms with Gasteiger partial charge in [0.25, 0.3) is 0 Å². The molecule has 10 heteroatoms. The number of nitrogens with one attached hydrogen (secondary N) is 2. The molecule has 0 atom stereocenters. The van der Waals surface area contributed by atoms with Crippen molar-refractivity contribution in [2.75, 3.05) is 30.3 Å². The van der Waals surface area contributed by atoms with Crippen LogP contribution in [0.4, 0.5) is 22.1 Å². The minimum absolute atomic E-state index is 0.228. The maximum absolute atomic E-state index is 12.3. The standard InChI is InChI=1S/C26H33N7O3/c1-25(2,3)36-24(34)33-10-7-18(8-11-33)14-29-21-12-22(30-15-19(21)6-9-26(4,5)35)32-23-17-28-20(13-27)16-31-23/h12,15-18,35H,7-8,10-11,14H2,1-5H3,(H2,29,30,31,32). The highest BCUT2D eigenvalue weighted by atomic mass is 16.6. The monoisotopic (exact) mass is 491 g/mol. The van der Waals surface area contributed by atoms with Crippen molar-refractivity contribution in [3.05, 3.63) is 35.9 Å². The largest absolute Gasteiger partial charge is 0.444 e. The minimum Gasteiger partial charge on any atom is -0.444 e. The van der Waals surface area contributed by atoms with Gasteiger partial charge >= 0.3 is 6.09 Å². The maximum atomic E-state index is 12.3. The molecule has 0 spiro atoms. The van der Waals surface area contributed by atoms with Crippen molar-refractivity contribution in [2.24, 2.45) is 5.92 Å². The Morgan fingerprint density at radius 2 is 1.83 bits per heavy atom. The van der Waals surface area contributed by atoms with Crippen LogP contribution in [0.25, 0.3) is 0 Å². The number of hydrogen-bond donors (Lipinski definition) is 3. The summed E-state index contributed by atoms with van der Waals surface area (Å²) in [6, 6.07) is 3.76. The third kappa shape index (κ3) is 8.40. The molecule has 0 aromatic carbocycles. The molecule has 0 radical (unpaired) electrons. The molecule has 3 rings (SSSR count). The number of aromatic nitrogens is 3. The minimum atomic E-state index is -1.14. The third-order valence-corrected chi connectivity index (χ3v) is 5.28. The molecular formula is C26H33N7O3. The van der Waals surface area contributed by atoms with E-state index in [-0.39, 0.29) is 11.8 Å². The van der Waals surface area contributed by atoms with Crippen LogP contribution in [-0.4, -0.2) is 61.9 Å². The van der Waals surface area contributed by atoms with Crippen LogP contribution in [0.3, 0.4) is 0 Å². The van der Waals surface area contributed by atoms with E-state index in [0.717, 1.165) is 18.5 Å². The zero-order chi connectivity index (χ0) is 26.3. The van der Waals surface area contributed by atoms with Crippen LogP contribution in [-0.2, 0) is 4.74 Å². The lowest BCUT2D eigenvalue weighted by Crippen LogP contribution is -2.42. The summed E-state index contributed by atoms with van der Waals surface area (Å²) < 4.78 is 5.48. The Bertz CT molecular complexity index is 1160. The van der Waals surface area contributed by atoms with Crippen molar-refractivity contribution in [3.8, 4) is 17.9 Å². The summed E-state index contributed by atoms with van der Waals surface area (Å²) in [6.45, 7) is 10.8. The van der Waals surface area contributed by atoms with Gasteiger partial charge in [-0.2, -0.15) is 5.26 Å². The second kappa shape index (κ2) is 11.2. The van der Waals surface area contributed by atoms with E-state index in [0.29, 0.717) is 42.8 Å². The number of aliphatic hydroxyl groups is 1. The predicted molar refractivity (Wildman–Crippen MR) is 136 cm³/mol. The van der Waals surface area contributed by atoms with Crippen molar-refractivity contribution < 1.29 is 14.6 Å². The van der Waals surface area contributed by atoms with Gasteiger partial charge in [0.05, 0.1) is 23.6 Å². The van der Waals surface area contributed by atoms with Crippen LogP contribution in [0.15, 0.2) is 24.7 Å². The van der Waals surface area contributed by atoms with Crippen LogP contribution in [0, 0.1) is 29.1 Å². The Kier molecular flexibility index (Phi) is 8.33. The fraction of sp³-hybridized carbons (Fsp3) is 0.500. The normalized spacial score (nSPS) is 14.3. The van der Waals surface area contributed by atoms with E-state index in [2.05, 4.69) is 37.4 Å². The number of ether oxygens (including phenoxy) is 1. The number of amides is 1. The number of likely N-dealkylation sites (tertiary alicyclic amines) is 1. The maximum Gasteiger partial charge on any atom is 0.410 e. The summed E-state index contributed by atoms with van der Waals surface area (Å²) in [5, 5.41) is 25.5. The van der Waals surface area contributed by atoms with Crippen LogP contribution < -0.4 is 10.6 Å². The van der Waals surface area contributed by atoms with Crippen LogP contribution in [0.2, 0.25) is 0 Å². The highest BCUT2D eigenvalue weighted by Gasteiger charge is 2.26. The van der Waals surface area contributed by atoms with Gasteiger partial charge < -0.3 is 25.4 Å². The fourth-order valence-corrected chi connectivity index (χ4v) is 3.47. The number of nitriles is 1. The molecule has 10 nitrogen and oxygen atoms in total. The first-order chi connectivity index (χ1) is 16.9. The van der Waals surface area contributed by atoms with Crippen molar-refractivity contribution in [1.82, 2.24) is 19.9 Å². The van der Waals surface area contributed by atoms with Gasteiger partial charge in [0.2, 0.25) is 0 Å². The Labute approximate surface area is 212 Å². The molecule has 0 unspecified atom stereocenters. The lowest BCUT2D eigenvalue weighted by Gasteiger charge is -2.33. The number of piperidine rings is 1. The van der Waals surface area contributed by atoms with E-state index in [1.54, 1.807) is 24.9 Å². The molecule has 1 aliphatic rings. The van der Waals surface area contributed by atoms with Crippen LogP contribution in [0.5, 0.6) is 0 Å². The van der Waals surface area contributed by atoms with E-state index < -0.39 is 11.2 Å². The first-order valence-corrected chi connectivity index (χ1v) is 11.9. The van der Waals surface area contributed by atoms with Crippen molar-refractivity contribution in [2.45, 2.75) is 58.7 Å². The van der Waals surface area contributed by atoms with Crippen LogP contribution in [0.1, 0.15) is 58.7 Å². The highest BCUT2D eigenvalue weighted by Crippen LogP contribution is 2.24. The third-order valence-electron chi connectivity index (χ3n) is 5.28. The van der Waals surface area contributed by atoms with Gasteiger partial charge in [0.15, 0.2) is 5.69 Å². The van der Waals surface area contributed by atoms with E-state index in [1.165, 1.54) is 12.4 Å². The first-order valence-electron chi connectivity index (χ1n) is 11.9. The smallest absolute Gasteiger partial charge is 0.410 e. The molecule has 1 fully saturated rings. The topological polar surface area (TPSA) is 136 Å². The molecule has 1 amide bonds. The number of pyridine rings is 1. The van der Waals surface area contributed by atoms with Crippen molar-refractivity contribution in [3.63, 3.8) is 0 Å². The Hall–Kier alpha value is -3.89. The van der Waals surface area contributed by atoms with Gasteiger partial charge in [-0.1, -0.05) is 11.8 Å².